The van der Waals surface area contributed by atoms with Crippen LogP contribution >= 0.6 is 0 Å². The van der Waals surface area contributed by atoms with Crippen molar-refractivity contribution in [1.29, 1.82) is 0 Å². The van der Waals surface area contributed by atoms with Crippen molar-refractivity contribution >= 4 is 10.1 Å². The summed E-state index contributed by atoms with van der Waals surface area (Å²) in [5, 5.41) is 0. The molecule has 0 N–H and O–H groups in total. The van der Waals surface area contributed by atoms with Crippen LogP contribution in [-0.4, -0.2) is 50.7 Å². The molecule has 2 fully saturated rings. The van der Waals surface area contributed by atoms with Crippen LogP contribution in [0.15, 0.2) is 0 Å². The van der Waals surface area contributed by atoms with Gasteiger partial charge in [-0.1, -0.05) is 0 Å². The Balaban J connectivity index is 1.76. The zero-order valence-electron chi connectivity index (χ0n) is 9.73. The minimum atomic E-state index is -3.41. The third-order valence-corrected chi connectivity index (χ3v) is 3.96. The summed E-state index contributed by atoms with van der Waals surface area (Å²) in [6, 6.07) is 0.161. The van der Waals surface area contributed by atoms with Crippen molar-refractivity contribution in [3.8, 4) is 0 Å². The fraction of sp³-hybridized carbons (Fsp3) is 1.00. The number of likely N-dealkylation sites (tertiary alicyclic amines) is 1. The molecule has 2 rings (SSSR count). The first-order valence-corrected chi connectivity index (χ1v) is 7.57. The van der Waals surface area contributed by atoms with E-state index in [-0.39, 0.29) is 25.2 Å². The zero-order chi connectivity index (χ0) is 12.7. The maximum absolute atomic E-state index is 12.7. The SMILES string of the molecule is CS(=O)(=O)OC1CCC(N2CC(F)(F)C2)CC1. The summed E-state index contributed by atoms with van der Waals surface area (Å²) in [6.07, 6.45) is 3.48. The fourth-order valence-electron chi connectivity index (χ4n) is 2.56. The number of hydrogen-bond donors (Lipinski definition) is 0. The molecule has 0 bridgehead atoms. The maximum atomic E-state index is 12.7. The van der Waals surface area contributed by atoms with Crippen molar-refractivity contribution in [1.82, 2.24) is 4.90 Å². The molecule has 0 aromatic rings. The summed E-state index contributed by atoms with van der Waals surface area (Å²) in [5.41, 5.74) is 0. The second-order valence-corrected chi connectivity index (χ2v) is 6.59. The van der Waals surface area contributed by atoms with Crippen LogP contribution in [0, 0.1) is 0 Å². The van der Waals surface area contributed by atoms with Crippen LogP contribution in [0.5, 0.6) is 0 Å². The lowest BCUT2D eigenvalue weighted by Crippen LogP contribution is -2.60. The van der Waals surface area contributed by atoms with Gasteiger partial charge in [0.15, 0.2) is 0 Å². The van der Waals surface area contributed by atoms with Gasteiger partial charge in [-0.25, -0.2) is 8.78 Å². The minimum absolute atomic E-state index is 0.157. The molecule has 17 heavy (non-hydrogen) atoms. The Bertz CT molecular complexity index is 369. The standard InChI is InChI=1S/C10H17F2NO3S/c1-17(14,15)16-9-4-2-8(3-5-9)13-6-10(11,12)7-13/h8-9H,2-7H2,1H3. The van der Waals surface area contributed by atoms with Gasteiger partial charge in [-0.3, -0.25) is 9.08 Å². The summed E-state index contributed by atoms with van der Waals surface area (Å²) in [6.45, 7) is -0.315. The molecule has 0 spiro atoms. The Morgan fingerprint density at radius 1 is 1.18 bits per heavy atom. The van der Waals surface area contributed by atoms with Gasteiger partial charge in [0.05, 0.1) is 25.4 Å². The van der Waals surface area contributed by atoms with Crippen LogP contribution in [0.2, 0.25) is 0 Å². The molecule has 100 valence electrons. The fourth-order valence-corrected chi connectivity index (χ4v) is 3.25. The highest BCUT2D eigenvalue weighted by Gasteiger charge is 2.47. The molecule has 0 radical (unpaired) electrons. The van der Waals surface area contributed by atoms with Crippen molar-refractivity contribution in [3.05, 3.63) is 0 Å². The molecule has 7 heteroatoms. The summed E-state index contributed by atoms with van der Waals surface area (Å²) in [4.78, 5) is 1.77. The lowest BCUT2D eigenvalue weighted by Gasteiger charge is -2.45. The molecule has 0 unspecified atom stereocenters. The van der Waals surface area contributed by atoms with E-state index in [0.717, 1.165) is 19.1 Å². The highest BCUT2D eigenvalue weighted by Crippen LogP contribution is 2.34. The predicted molar refractivity (Wildman–Crippen MR) is 58.5 cm³/mol. The van der Waals surface area contributed by atoms with E-state index in [1.54, 1.807) is 4.90 Å². The van der Waals surface area contributed by atoms with E-state index in [0.29, 0.717) is 12.8 Å². The molecule has 1 aliphatic heterocycles. The zero-order valence-corrected chi connectivity index (χ0v) is 10.5. The normalized spacial score (nSPS) is 34.3. The third kappa shape index (κ3) is 3.59. The van der Waals surface area contributed by atoms with Gasteiger partial charge in [0, 0.05) is 6.04 Å². The number of nitrogens with zero attached hydrogens (tertiary/aromatic N) is 1. The summed E-state index contributed by atoms with van der Waals surface area (Å²) < 4.78 is 52.2. The predicted octanol–water partition coefficient (Wildman–Crippen LogP) is 1.22. The van der Waals surface area contributed by atoms with Crippen LogP contribution in [0.1, 0.15) is 25.7 Å². The van der Waals surface area contributed by atoms with Crippen molar-refractivity contribution in [3.63, 3.8) is 0 Å². The minimum Gasteiger partial charge on any atom is -0.288 e. The van der Waals surface area contributed by atoms with Gasteiger partial charge in [-0.05, 0) is 25.7 Å². The number of alkyl halides is 2. The van der Waals surface area contributed by atoms with Gasteiger partial charge in [0.2, 0.25) is 0 Å². The smallest absolute Gasteiger partial charge is 0.272 e. The van der Waals surface area contributed by atoms with E-state index in [4.69, 9.17) is 4.18 Å². The summed E-state index contributed by atoms with van der Waals surface area (Å²) in [7, 11) is -3.41. The van der Waals surface area contributed by atoms with E-state index < -0.39 is 16.0 Å². The Morgan fingerprint density at radius 2 is 1.71 bits per heavy atom. The van der Waals surface area contributed by atoms with Crippen molar-refractivity contribution in [2.75, 3.05) is 19.3 Å². The summed E-state index contributed by atoms with van der Waals surface area (Å²) in [5.74, 6) is -2.53. The van der Waals surface area contributed by atoms with Gasteiger partial charge in [0.25, 0.3) is 16.0 Å². The van der Waals surface area contributed by atoms with Crippen LogP contribution in [0.25, 0.3) is 0 Å². The van der Waals surface area contributed by atoms with Crippen molar-refractivity contribution in [2.24, 2.45) is 0 Å². The van der Waals surface area contributed by atoms with Gasteiger partial charge in [0.1, 0.15) is 0 Å². The summed E-state index contributed by atoms with van der Waals surface area (Å²) >= 11 is 0. The molecule has 0 aromatic heterocycles. The van der Waals surface area contributed by atoms with Crippen molar-refractivity contribution < 1.29 is 21.4 Å². The van der Waals surface area contributed by atoms with E-state index in [1.807, 2.05) is 0 Å². The van der Waals surface area contributed by atoms with Gasteiger partial charge >= 0.3 is 0 Å². The van der Waals surface area contributed by atoms with E-state index in [9.17, 15) is 17.2 Å². The highest BCUT2D eigenvalue weighted by molar-refractivity contribution is 7.86. The van der Waals surface area contributed by atoms with E-state index >= 15 is 0 Å². The molecule has 1 heterocycles. The van der Waals surface area contributed by atoms with Crippen LogP contribution < -0.4 is 0 Å². The second kappa shape index (κ2) is 4.44. The molecule has 1 aliphatic carbocycles. The average molecular weight is 269 g/mol. The Kier molecular flexibility index (Phi) is 3.44. The molecular weight excluding hydrogens is 252 g/mol. The molecule has 1 saturated carbocycles. The van der Waals surface area contributed by atoms with Gasteiger partial charge < -0.3 is 0 Å². The van der Waals surface area contributed by atoms with E-state index in [1.165, 1.54) is 0 Å². The Hall–Kier alpha value is -0.270. The molecular formula is C10H17F2NO3S. The van der Waals surface area contributed by atoms with Crippen LogP contribution in [-0.2, 0) is 14.3 Å². The molecule has 0 aromatic carbocycles. The largest absolute Gasteiger partial charge is 0.288 e. The van der Waals surface area contributed by atoms with E-state index in [2.05, 4.69) is 0 Å². The van der Waals surface area contributed by atoms with Crippen LogP contribution in [0.3, 0.4) is 0 Å². The first kappa shape index (κ1) is 13.2. The van der Waals surface area contributed by atoms with Crippen LogP contribution in [0.4, 0.5) is 8.78 Å². The van der Waals surface area contributed by atoms with Gasteiger partial charge in [-0.15, -0.1) is 0 Å². The molecule has 0 atom stereocenters. The molecule has 1 saturated heterocycles. The van der Waals surface area contributed by atoms with Crippen molar-refractivity contribution in [2.45, 2.75) is 43.8 Å². The molecule has 4 nitrogen and oxygen atoms in total. The average Bonchev–Trinajstić information content (AvgIpc) is 2.12. The monoisotopic (exact) mass is 269 g/mol. The topological polar surface area (TPSA) is 46.6 Å². The lowest BCUT2D eigenvalue weighted by molar-refractivity contribution is -0.151. The first-order chi connectivity index (χ1) is 7.75. The third-order valence-electron chi connectivity index (χ3n) is 3.34. The first-order valence-electron chi connectivity index (χ1n) is 5.75. The number of hydrogen-bond acceptors (Lipinski definition) is 4. The highest BCUT2D eigenvalue weighted by atomic mass is 32.2. The molecule has 2 aliphatic rings. The Morgan fingerprint density at radius 3 is 2.12 bits per heavy atom. The number of rotatable bonds is 3. The maximum Gasteiger partial charge on any atom is 0.272 e. The quantitative estimate of drug-likeness (QED) is 0.723. The second-order valence-electron chi connectivity index (χ2n) is 4.99. The lowest BCUT2D eigenvalue weighted by atomic mass is 9.90. The Labute approximate surface area is 100 Å². The van der Waals surface area contributed by atoms with Gasteiger partial charge in [-0.2, -0.15) is 8.42 Å². The number of halogens is 2. The molecule has 0 amide bonds.